The van der Waals surface area contributed by atoms with Crippen molar-refractivity contribution in [3.63, 3.8) is 0 Å². The van der Waals surface area contributed by atoms with Crippen molar-refractivity contribution in [2.45, 2.75) is 46.1 Å². The molecule has 0 aromatic carbocycles. The van der Waals surface area contributed by atoms with Crippen molar-refractivity contribution in [3.05, 3.63) is 17.5 Å². The van der Waals surface area contributed by atoms with E-state index in [0.717, 1.165) is 11.4 Å². The quantitative estimate of drug-likeness (QED) is 0.855. The molecule has 0 radical (unpaired) electrons. The molecule has 1 aliphatic rings. The van der Waals surface area contributed by atoms with Crippen LogP contribution in [-0.2, 0) is 14.3 Å². The number of carbonyl (C=O) groups is 2. The molecule has 2 unspecified atom stereocenters. The molecule has 7 heteroatoms. The lowest BCUT2D eigenvalue weighted by molar-refractivity contribution is -0.159. The molecule has 7 nitrogen and oxygen atoms in total. The second-order valence-electron chi connectivity index (χ2n) is 6.86. The van der Waals surface area contributed by atoms with E-state index in [1.807, 2.05) is 31.5 Å². The summed E-state index contributed by atoms with van der Waals surface area (Å²) in [7, 11) is 1.50. The highest BCUT2D eigenvalue weighted by Gasteiger charge is 2.43. The van der Waals surface area contributed by atoms with Crippen LogP contribution in [0.3, 0.4) is 0 Å². The Morgan fingerprint density at radius 2 is 2.17 bits per heavy atom. The highest BCUT2D eigenvalue weighted by Crippen LogP contribution is 2.31. The smallest absolute Gasteiger partial charge is 0.313 e. The van der Waals surface area contributed by atoms with Gasteiger partial charge in [0.25, 0.3) is 0 Å². The maximum Gasteiger partial charge on any atom is 0.313 e. The van der Waals surface area contributed by atoms with E-state index in [1.54, 1.807) is 4.90 Å². The highest BCUT2D eigenvalue weighted by atomic mass is 16.5. The van der Waals surface area contributed by atoms with Gasteiger partial charge in [0, 0.05) is 32.3 Å². The summed E-state index contributed by atoms with van der Waals surface area (Å²) in [6.45, 7) is 6.78. The Morgan fingerprint density at radius 3 is 2.71 bits per heavy atom. The van der Waals surface area contributed by atoms with Gasteiger partial charge in [-0.05, 0) is 39.7 Å². The summed E-state index contributed by atoms with van der Waals surface area (Å²) in [6, 6.07) is 1.92. The van der Waals surface area contributed by atoms with Crippen molar-refractivity contribution >= 4 is 11.9 Å². The number of aryl methyl sites for hydroxylation is 2. The molecule has 24 heavy (non-hydrogen) atoms. The van der Waals surface area contributed by atoms with Gasteiger partial charge in [-0.1, -0.05) is 0 Å². The van der Waals surface area contributed by atoms with Gasteiger partial charge >= 0.3 is 5.97 Å². The molecule has 1 N–H and O–H groups in total. The van der Waals surface area contributed by atoms with Crippen LogP contribution >= 0.6 is 0 Å². The average molecular weight is 337 g/mol. The minimum atomic E-state index is -0.996. The summed E-state index contributed by atoms with van der Waals surface area (Å²) in [4.78, 5) is 26.0. The molecule has 0 spiro atoms. The third kappa shape index (κ3) is 3.77. The van der Waals surface area contributed by atoms with Crippen molar-refractivity contribution in [1.82, 2.24) is 14.7 Å². The number of rotatable bonds is 6. The minimum absolute atomic E-state index is 0.0310. The first-order valence-electron chi connectivity index (χ1n) is 8.32. The minimum Gasteiger partial charge on any atom is -0.481 e. The summed E-state index contributed by atoms with van der Waals surface area (Å²) >= 11 is 0. The van der Waals surface area contributed by atoms with E-state index < -0.39 is 11.4 Å². The van der Waals surface area contributed by atoms with Crippen molar-refractivity contribution in [1.29, 1.82) is 0 Å². The Bertz CT molecular complexity index is 609. The number of aromatic nitrogens is 2. The third-order valence-electron chi connectivity index (χ3n) is 4.74. The van der Waals surface area contributed by atoms with Gasteiger partial charge in [-0.3, -0.25) is 14.3 Å². The molecule has 2 rings (SSSR count). The molecule has 1 amide bonds. The molecule has 1 saturated heterocycles. The third-order valence-corrected chi connectivity index (χ3v) is 4.74. The summed E-state index contributed by atoms with van der Waals surface area (Å²) in [5, 5.41) is 14.0. The zero-order chi connectivity index (χ0) is 17.9. The molecule has 2 atom stereocenters. The monoisotopic (exact) mass is 337 g/mol. The Balaban J connectivity index is 2.06. The summed E-state index contributed by atoms with van der Waals surface area (Å²) in [6.07, 6.45) is 1.52. The molecule has 0 saturated carbocycles. The highest BCUT2D eigenvalue weighted by molar-refractivity contribution is 5.80. The van der Waals surface area contributed by atoms with E-state index in [0.29, 0.717) is 25.8 Å². The Kier molecular flexibility index (Phi) is 5.64. The van der Waals surface area contributed by atoms with Crippen LogP contribution in [0.4, 0.5) is 0 Å². The molecule has 134 valence electrons. The van der Waals surface area contributed by atoms with Crippen molar-refractivity contribution < 1.29 is 19.4 Å². The van der Waals surface area contributed by atoms with Crippen LogP contribution in [-0.4, -0.2) is 58.5 Å². The lowest BCUT2D eigenvalue weighted by atomic mass is 9.80. The zero-order valence-corrected chi connectivity index (χ0v) is 14.9. The maximum atomic E-state index is 12.7. The zero-order valence-electron chi connectivity index (χ0n) is 14.9. The number of carboxylic acids is 1. The SMILES string of the molecule is COCC1(C(=O)O)CCCN(C(=O)CC(C)n2nc(C)cc2C)C1. The lowest BCUT2D eigenvalue weighted by Crippen LogP contribution is -2.52. The van der Waals surface area contributed by atoms with E-state index in [9.17, 15) is 14.7 Å². The average Bonchev–Trinajstić information content (AvgIpc) is 2.86. The number of hydrogen-bond acceptors (Lipinski definition) is 4. The van der Waals surface area contributed by atoms with Crippen LogP contribution in [0.1, 0.15) is 43.6 Å². The number of piperidine rings is 1. The van der Waals surface area contributed by atoms with Crippen LogP contribution < -0.4 is 0 Å². The molecular weight excluding hydrogens is 310 g/mol. The van der Waals surface area contributed by atoms with Crippen LogP contribution in [0.5, 0.6) is 0 Å². The number of aliphatic carboxylic acids is 1. The number of likely N-dealkylation sites (tertiary alicyclic amines) is 1. The van der Waals surface area contributed by atoms with E-state index in [4.69, 9.17) is 4.74 Å². The van der Waals surface area contributed by atoms with E-state index in [2.05, 4.69) is 5.10 Å². The first-order valence-corrected chi connectivity index (χ1v) is 8.32. The predicted octanol–water partition coefficient (Wildman–Crippen LogP) is 1.79. The topological polar surface area (TPSA) is 84.7 Å². The van der Waals surface area contributed by atoms with Crippen molar-refractivity contribution in [2.24, 2.45) is 5.41 Å². The van der Waals surface area contributed by atoms with Crippen molar-refractivity contribution in [3.8, 4) is 0 Å². The van der Waals surface area contributed by atoms with E-state index in [-0.39, 0.29) is 25.1 Å². The van der Waals surface area contributed by atoms with Gasteiger partial charge in [0.2, 0.25) is 5.91 Å². The lowest BCUT2D eigenvalue weighted by Gasteiger charge is -2.39. The predicted molar refractivity (Wildman–Crippen MR) is 88.8 cm³/mol. The number of methoxy groups -OCH3 is 1. The van der Waals surface area contributed by atoms with Crippen LogP contribution in [0.2, 0.25) is 0 Å². The van der Waals surface area contributed by atoms with Gasteiger partial charge in [-0.2, -0.15) is 5.10 Å². The Morgan fingerprint density at radius 1 is 1.46 bits per heavy atom. The largest absolute Gasteiger partial charge is 0.481 e. The molecule has 0 bridgehead atoms. The number of carbonyl (C=O) groups excluding carboxylic acids is 1. The number of carboxylic acid groups (broad SMARTS) is 1. The second kappa shape index (κ2) is 7.34. The van der Waals surface area contributed by atoms with Crippen LogP contribution in [0, 0.1) is 19.3 Å². The summed E-state index contributed by atoms with van der Waals surface area (Å²) in [5.74, 6) is -0.926. The van der Waals surface area contributed by atoms with Gasteiger partial charge in [-0.15, -0.1) is 0 Å². The Labute approximate surface area is 142 Å². The fourth-order valence-electron chi connectivity index (χ4n) is 3.54. The van der Waals surface area contributed by atoms with Crippen LogP contribution in [0.15, 0.2) is 6.07 Å². The van der Waals surface area contributed by atoms with Gasteiger partial charge in [-0.25, -0.2) is 0 Å². The van der Waals surface area contributed by atoms with E-state index in [1.165, 1.54) is 7.11 Å². The van der Waals surface area contributed by atoms with E-state index >= 15 is 0 Å². The molecule has 0 aliphatic carbocycles. The fraction of sp³-hybridized carbons (Fsp3) is 0.706. The van der Waals surface area contributed by atoms with Gasteiger partial charge in [0.1, 0.15) is 5.41 Å². The molecule has 1 aliphatic heterocycles. The normalized spacial score (nSPS) is 22.4. The Hall–Kier alpha value is -1.89. The van der Waals surface area contributed by atoms with Gasteiger partial charge < -0.3 is 14.7 Å². The number of amides is 1. The standard InChI is InChI=1S/C17H27N3O4/c1-12-8-13(2)20(18-12)14(3)9-15(21)19-7-5-6-17(10-19,11-24-4)16(22)23/h8,14H,5-7,9-11H2,1-4H3,(H,22,23). The summed E-state index contributed by atoms with van der Waals surface area (Å²) < 4.78 is 6.97. The number of nitrogens with zero attached hydrogens (tertiary/aromatic N) is 3. The second-order valence-corrected chi connectivity index (χ2v) is 6.86. The maximum absolute atomic E-state index is 12.7. The molecule has 1 aromatic heterocycles. The first kappa shape index (κ1) is 18.4. The molecular formula is C17H27N3O4. The van der Waals surface area contributed by atoms with Gasteiger partial charge in [0.05, 0.1) is 18.3 Å². The molecule has 1 aromatic rings. The molecule has 2 heterocycles. The van der Waals surface area contributed by atoms with Crippen molar-refractivity contribution in [2.75, 3.05) is 26.8 Å². The first-order chi connectivity index (χ1) is 11.3. The summed E-state index contributed by atoms with van der Waals surface area (Å²) in [5.41, 5.74) is 0.949. The number of ether oxygens (including phenoxy) is 1. The number of hydrogen-bond donors (Lipinski definition) is 1. The molecule has 1 fully saturated rings. The van der Waals surface area contributed by atoms with Gasteiger partial charge in [0.15, 0.2) is 0 Å². The van der Waals surface area contributed by atoms with Crippen LogP contribution in [0.25, 0.3) is 0 Å². The fourth-order valence-corrected chi connectivity index (χ4v) is 3.54.